The van der Waals surface area contributed by atoms with E-state index in [0.717, 1.165) is 17.7 Å². The molecule has 1 atom stereocenters. The van der Waals surface area contributed by atoms with Gasteiger partial charge in [-0.3, -0.25) is 14.4 Å². The standard InChI is InChI=1S/C23H30N4O5/c1-5-32-23(30)17-7-6-11-26(14-17)21(28)15-25(3)22(29)18-10-12-27(24-18)19-13-16(2)8-9-20(19)31-4/h8-10,12-13,17H,5-7,11,14-15H2,1-4H3. The molecule has 1 aliphatic rings. The molecular weight excluding hydrogens is 412 g/mol. The van der Waals surface area contributed by atoms with Crippen molar-refractivity contribution in [2.75, 3.05) is 40.4 Å². The summed E-state index contributed by atoms with van der Waals surface area (Å²) in [6, 6.07) is 7.32. The van der Waals surface area contributed by atoms with E-state index < -0.39 is 0 Å². The summed E-state index contributed by atoms with van der Waals surface area (Å²) in [6.07, 6.45) is 3.13. The Kier molecular flexibility index (Phi) is 7.50. The van der Waals surface area contributed by atoms with Crippen molar-refractivity contribution in [3.05, 3.63) is 41.7 Å². The molecule has 32 heavy (non-hydrogen) atoms. The van der Waals surface area contributed by atoms with Crippen LogP contribution in [0.4, 0.5) is 0 Å². The van der Waals surface area contributed by atoms with Gasteiger partial charge in [0.2, 0.25) is 5.91 Å². The molecule has 2 heterocycles. The number of rotatable bonds is 7. The summed E-state index contributed by atoms with van der Waals surface area (Å²) in [5, 5.41) is 4.39. The van der Waals surface area contributed by atoms with Crippen LogP contribution in [0.3, 0.4) is 0 Å². The average Bonchev–Trinajstić information content (AvgIpc) is 3.28. The second-order valence-corrected chi connectivity index (χ2v) is 7.91. The molecular formula is C23H30N4O5. The Morgan fingerprint density at radius 1 is 1.25 bits per heavy atom. The van der Waals surface area contributed by atoms with E-state index in [0.29, 0.717) is 31.9 Å². The van der Waals surface area contributed by atoms with E-state index in [4.69, 9.17) is 9.47 Å². The predicted molar refractivity (Wildman–Crippen MR) is 118 cm³/mol. The van der Waals surface area contributed by atoms with Crippen LogP contribution in [0.15, 0.2) is 30.5 Å². The summed E-state index contributed by atoms with van der Waals surface area (Å²) < 4.78 is 12.1. The first-order valence-corrected chi connectivity index (χ1v) is 10.7. The average molecular weight is 443 g/mol. The molecule has 1 fully saturated rings. The van der Waals surface area contributed by atoms with Crippen LogP contribution in [0, 0.1) is 12.8 Å². The lowest BCUT2D eigenvalue weighted by Crippen LogP contribution is -2.47. The second kappa shape index (κ2) is 10.3. The molecule has 1 unspecified atom stereocenters. The lowest BCUT2D eigenvalue weighted by molar-refractivity contribution is -0.151. The molecule has 172 valence electrons. The Bertz CT molecular complexity index is 987. The van der Waals surface area contributed by atoms with Crippen LogP contribution in [0.25, 0.3) is 5.69 Å². The third-order valence-corrected chi connectivity index (χ3v) is 5.50. The molecule has 9 nitrogen and oxygen atoms in total. The number of aromatic nitrogens is 2. The molecule has 0 bridgehead atoms. The highest BCUT2D eigenvalue weighted by Crippen LogP contribution is 2.24. The fourth-order valence-electron chi connectivity index (χ4n) is 3.78. The van der Waals surface area contributed by atoms with Crippen molar-refractivity contribution in [1.29, 1.82) is 0 Å². The van der Waals surface area contributed by atoms with Crippen molar-refractivity contribution in [3.8, 4) is 11.4 Å². The van der Waals surface area contributed by atoms with E-state index in [1.807, 2.05) is 25.1 Å². The smallest absolute Gasteiger partial charge is 0.310 e. The molecule has 1 saturated heterocycles. The Hall–Kier alpha value is -3.36. The number of carbonyl (C=O) groups is 3. The van der Waals surface area contributed by atoms with Gasteiger partial charge in [0.1, 0.15) is 11.4 Å². The largest absolute Gasteiger partial charge is 0.494 e. The zero-order valence-corrected chi connectivity index (χ0v) is 19.0. The molecule has 0 aliphatic carbocycles. The molecule has 1 aliphatic heterocycles. The van der Waals surface area contributed by atoms with Gasteiger partial charge in [-0.1, -0.05) is 6.07 Å². The summed E-state index contributed by atoms with van der Waals surface area (Å²) in [5.41, 5.74) is 1.99. The van der Waals surface area contributed by atoms with Crippen molar-refractivity contribution in [2.24, 2.45) is 5.92 Å². The number of amides is 2. The monoisotopic (exact) mass is 442 g/mol. The van der Waals surface area contributed by atoms with Gasteiger partial charge in [0.05, 0.1) is 26.2 Å². The van der Waals surface area contributed by atoms with Crippen molar-refractivity contribution < 1.29 is 23.9 Å². The van der Waals surface area contributed by atoms with E-state index in [1.165, 1.54) is 4.90 Å². The predicted octanol–water partition coefficient (Wildman–Crippen LogP) is 2.06. The number of esters is 1. The number of hydrogen-bond donors (Lipinski definition) is 0. The fourth-order valence-corrected chi connectivity index (χ4v) is 3.78. The molecule has 1 aromatic heterocycles. The molecule has 0 N–H and O–H groups in total. The first kappa shape index (κ1) is 23.3. The maximum atomic E-state index is 12.9. The van der Waals surface area contributed by atoms with Crippen LogP contribution in [-0.4, -0.2) is 77.8 Å². The third-order valence-electron chi connectivity index (χ3n) is 5.50. The minimum absolute atomic E-state index is 0.0883. The molecule has 3 rings (SSSR count). The number of likely N-dealkylation sites (N-methyl/N-ethyl adjacent to an activating group) is 1. The summed E-state index contributed by atoms with van der Waals surface area (Å²) in [7, 11) is 3.15. The highest BCUT2D eigenvalue weighted by Gasteiger charge is 2.30. The van der Waals surface area contributed by atoms with Crippen molar-refractivity contribution in [2.45, 2.75) is 26.7 Å². The molecule has 2 aromatic rings. The topological polar surface area (TPSA) is 94.0 Å². The lowest BCUT2D eigenvalue weighted by Gasteiger charge is -2.32. The number of aryl methyl sites for hydroxylation is 1. The SMILES string of the molecule is CCOC(=O)C1CCCN(C(=O)CN(C)C(=O)c2ccn(-c3cc(C)ccc3OC)n2)C1. The first-order chi connectivity index (χ1) is 15.3. The van der Waals surface area contributed by atoms with E-state index in [2.05, 4.69) is 5.10 Å². The maximum absolute atomic E-state index is 12.9. The van der Waals surface area contributed by atoms with E-state index in [9.17, 15) is 14.4 Å². The van der Waals surface area contributed by atoms with E-state index in [1.54, 1.807) is 42.9 Å². The highest BCUT2D eigenvalue weighted by atomic mass is 16.5. The van der Waals surface area contributed by atoms with E-state index in [-0.39, 0.29) is 35.9 Å². The normalized spacial score (nSPS) is 15.9. The van der Waals surface area contributed by atoms with Gasteiger partial charge in [0.25, 0.3) is 5.91 Å². The minimum Gasteiger partial charge on any atom is -0.494 e. The number of nitrogens with zero attached hydrogens (tertiary/aromatic N) is 4. The Balaban J connectivity index is 1.64. The van der Waals surface area contributed by atoms with Crippen molar-refractivity contribution >= 4 is 17.8 Å². The number of likely N-dealkylation sites (tertiary alicyclic amines) is 1. The fraction of sp³-hybridized carbons (Fsp3) is 0.478. The van der Waals surface area contributed by atoms with Crippen LogP contribution in [-0.2, 0) is 14.3 Å². The highest BCUT2D eigenvalue weighted by molar-refractivity contribution is 5.94. The maximum Gasteiger partial charge on any atom is 0.310 e. The van der Waals surface area contributed by atoms with Gasteiger partial charge in [-0.25, -0.2) is 4.68 Å². The molecule has 9 heteroatoms. The Morgan fingerprint density at radius 2 is 2.03 bits per heavy atom. The Morgan fingerprint density at radius 3 is 2.75 bits per heavy atom. The molecule has 0 spiro atoms. The van der Waals surface area contributed by atoms with Crippen LogP contribution in [0.1, 0.15) is 35.8 Å². The summed E-state index contributed by atoms with van der Waals surface area (Å²) in [5.74, 6) is -0.500. The van der Waals surface area contributed by atoms with Gasteiger partial charge in [0, 0.05) is 26.3 Å². The van der Waals surface area contributed by atoms with Crippen molar-refractivity contribution in [1.82, 2.24) is 19.6 Å². The van der Waals surface area contributed by atoms with Crippen molar-refractivity contribution in [3.63, 3.8) is 0 Å². The summed E-state index contributed by atoms with van der Waals surface area (Å²) >= 11 is 0. The van der Waals surface area contributed by atoms with Gasteiger partial charge in [-0.15, -0.1) is 0 Å². The molecule has 0 saturated carbocycles. The van der Waals surface area contributed by atoms with Gasteiger partial charge in [0.15, 0.2) is 5.69 Å². The number of hydrogen-bond acceptors (Lipinski definition) is 6. The number of piperidine rings is 1. The number of benzene rings is 1. The zero-order chi connectivity index (χ0) is 23.3. The summed E-state index contributed by atoms with van der Waals surface area (Å²) in [6.45, 7) is 4.85. The quantitative estimate of drug-likeness (QED) is 0.610. The molecule has 1 aromatic carbocycles. The van der Waals surface area contributed by atoms with Crippen LogP contribution in [0.5, 0.6) is 5.75 Å². The number of carbonyl (C=O) groups excluding carboxylic acids is 3. The Labute approximate surface area is 187 Å². The lowest BCUT2D eigenvalue weighted by atomic mass is 9.98. The minimum atomic E-state index is -0.359. The van der Waals surface area contributed by atoms with Crippen LogP contribution < -0.4 is 4.74 Å². The molecule has 2 amide bonds. The summed E-state index contributed by atoms with van der Waals surface area (Å²) in [4.78, 5) is 40.6. The third kappa shape index (κ3) is 5.27. The van der Waals surface area contributed by atoms with Crippen LogP contribution >= 0.6 is 0 Å². The van der Waals surface area contributed by atoms with E-state index >= 15 is 0 Å². The van der Waals surface area contributed by atoms with Gasteiger partial charge >= 0.3 is 5.97 Å². The second-order valence-electron chi connectivity index (χ2n) is 7.91. The van der Waals surface area contributed by atoms with Crippen LogP contribution in [0.2, 0.25) is 0 Å². The van der Waals surface area contributed by atoms with Gasteiger partial charge in [-0.05, 0) is 50.5 Å². The number of methoxy groups -OCH3 is 1. The number of ether oxygens (including phenoxy) is 2. The van der Waals surface area contributed by atoms with Gasteiger partial charge < -0.3 is 19.3 Å². The molecule has 0 radical (unpaired) electrons. The first-order valence-electron chi connectivity index (χ1n) is 10.7. The van der Waals surface area contributed by atoms with Gasteiger partial charge in [-0.2, -0.15) is 5.10 Å². The zero-order valence-electron chi connectivity index (χ0n) is 19.0.